The lowest BCUT2D eigenvalue weighted by Gasteiger charge is -2.19. The van der Waals surface area contributed by atoms with E-state index >= 15 is 0 Å². The van der Waals surface area contributed by atoms with Crippen molar-refractivity contribution in [1.29, 1.82) is 0 Å². The molecule has 2 atom stereocenters. The summed E-state index contributed by atoms with van der Waals surface area (Å²) in [4.78, 5) is 12.1. The van der Waals surface area contributed by atoms with E-state index in [0.717, 1.165) is 32.1 Å². The molecule has 0 saturated carbocycles. The number of aliphatic hydroxyl groups excluding tert-OH is 2. The average molecular weight is 482 g/mol. The van der Waals surface area contributed by atoms with Gasteiger partial charge in [-0.05, 0) is 12.8 Å². The largest absolute Gasteiger partial charge is 0.394 e. The van der Waals surface area contributed by atoms with Crippen LogP contribution in [0.2, 0.25) is 0 Å². The number of hydrogen-bond donors (Lipinski definition) is 3. The highest BCUT2D eigenvalue weighted by Gasteiger charge is 2.17. The van der Waals surface area contributed by atoms with Gasteiger partial charge in [-0.1, -0.05) is 148 Å². The second-order valence-electron chi connectivity index (χ2n) is 10.2. The molecule has 0 aliphatic heterocycles. The number of carbonyl (C=O) groups excluding carboxylic acids is 1. The molecule has 1 amide bonds. The minimum absolute atomic E-state index is 0.0726. The predicted octanol–water partition coefficient (Wildman–Crippen LogP) is 8.00. The normalized spacial score (nSPS) is 13.4. The minimum Gasteiger partial charge on any atom is -0.394 e. The van der Waals surface area contributed by atoms with E-state index in [1.807, 2.05) is 6.08 Å². The van der Waals surface area contributed by atoms with E-state index < -0.39 is 12.1 Å². The third kappa shape index (κ3) is 22.9. The van der Waals surface area contributed by atoms with Gasteiger partial charge in [-0.25, -0.2) is 0 Å². The van der Waals surface area contributed by atoms with Crippen LogP contribution < -0.4 is 5.32 Å². The van der Waals surface area contributed by atoms with Crippen LogP contribution in [0.4, 0.5) is 0 Å². The zero-order valence-electron chi connectivity index (χ0n) is 22.9. The number of unbranched alkanes of at least 4 members (excludes halogenated alkanes) is 19. The first-order valence-electron chi connectivity index (χ1n) is 14.9. The maximum absolute atomic E-state index is 12.1. The highest BCUT2D eigenvalue weighted by Crippen LogP contribution is 2.14. The molecule has 0 aromatic heterocycles. The van der Waals surface area contributed by atoms with E-state index in [2.05, 4.69) is 19.2 Å². The molecule has 0 rings (SSSR count). The van der Waals surface area contributed by atoms with Crippen molar-refractivity contribution in [3.63, 3.8) is 0 Å². The summed E-state index contributed by atoms with van der Waals surface area (Å²) >= 11 is 0. The van der Waals surface area contributed by atoms with Crippen LogP contribution in [0.25, 0.3) is 0 Å². The quantitative estimate of drug-likeness (QED) is 0.0865. The third-order valence-electron chi connectivity index (χ3n) is 6.77. The maximum atomic E-state index is 12.1. The standard InChI is InChI=1S/C30H59NO3/c1-3-5-7-9-10-11-12-13-14-15-16-17-18-19-20-21-22-24-26-30(34)31-28(27-32)29(33)25-23-8-6-4-2/h23,25,28-29,32-33H,3-22,24,26-27H2,1-2H3,(H,31,34)/b25-23+. The summed E-state index contributed by atoms with van der Waals surface area (Å²) < 4.78 is 0. The lowest BCUT2D eigenvalue weighted by Crippen LogP contribution is -2.45. The Morgan fingerprint density at radius 2 is 1.09 bits per heavy atom. The zero-order chi connectivity index (χ0) is 25.1. The molecular formula is C30H59NO3. The molecule has 3 N–H and O–H groups in total. The Morgan fingerprint density at radius 1 is 0.676 bits per heavy atom. The van der Waals surface area contributed by atoms with E-state index in [-0.39, 0.29) is 12.5 Å². The lowest BCUT2D eigenvalue weighted by atomic mass is 10.0. The van der Waals surface area contributed by atoms with Crippen LogP contribution in [0.1, 0.15) is 155 Å². The van der Waals surface area contributed by atoms with Crippen LogP contribution in [-0.2, 0) is 4.79 Å². The fraction of sp³-hybridized carbons (Fsp3) is 0.900. The van der Waals surface area contributed by atoms with Crippen molar-refractivity contribution >= 4 is 5.91 Å². The van der Waals surface area contributed by atoms with E-state index in [0.29, 0.717) is 6.42 Å². The zero-order valence-corrected chi connectivity index (χ0v) is 22.9. The molecule has 0 radical (unpaired) electrons. The van der Waals surface area contributed by atoms with Crippen LogP contribution in [0.15, 0.2) is 12.2 Å². The van der Waals surface area contributed by atoms with Crippen molar-refractivity contribution in [2.24, 2.45) is 0 Å². The van der Waals surface area contributed by atoms with Crippen molar-refractivity contribution < 1.29 is 15.0 Å². The Labute approximate surface area is 212 Å². The number of aliphatic hydroxyl groups is 2. The number of carbonyl (C=O) groups is 1. The first-order valence-corrected chi connectivity index (χ1v) is 14.9. The molecule has 0 bridgehead atoms. The second kappa shape index (κ2) is 26.7. The molecule has 0 aromatic rings. The molecule has 0 fully saturated rings. The van der Waals surface area contributed by atoms with Gasteiger partial charge in [0.05, 0.1) is 18.8 Å². The van der Waals surface area contributed by atoms with Gasteiger partial charge in [0.25, 0.3) is 0 Å². The summed E-state index contributed by atoms with van der Waals surface area (Å²) in [6.07, 6.45) is 30.4. The highest BCUT2D eigenvalue weighted by atomic mass is 16.3. The van der Waals surface area contributed by atoms with E-state index in [1.54, 1.807) is 6.08 Å². The molecule has 0 spiro atoms. The van der Waals surface area contributed by atoms with Gasteiger partial charge in [0.2, 0.25) is 5.91 Å². The first-order chi connectivity index (χ1) is 16.7. The molecule has 2 unspecified atom stereocenters. The van der Waals surface area contributed by atoms with Crippen LogP contribution in [-0.4, -0.2) is 34.9 Å². The number of allylic oxidation sites excluding steroid dienone is 1. The van der Waals surface area contributed by atoms with Gasteiger partial charge in [-0.15, -0.1) is 0 Å². The Kier molecular flexibility index (Phi) is 26.0. The Morgan fingerprint density at radius 3 is 1.50 bits per heavy atom. The summed E-state index contributed by atoms with van der Waals surface area (Å²) in [6.45, 7) is 4.16. The Bertz CT molecular complexity index is 452. The van der Waals surface area contributed by atoms with Crippen molar-refractivity contribution in [3.05, 3.63) is 12.2 Å². The number of amides is 1. The van der Waals surface area contributed by atoms with Crippen LogP contribution in [0, 0.1) is 0 Å². The van der Waals surface area contributed by atoms with E-state index in [4.69, 9.17) is 0 Å². The predicted molar refractivity (Wildman–Crippen MR) is 147 cm³/mol. The van der Waals surface area contributed by atoms with Gasteiger partial charge < -0.3 is 15.5 Å². The third-order valence-corrected chi connectivity index (χ3v) is 6.77. The fourth-order valence-corrected chi connectivity index (χ4v) is 4.40. The molecule has 4 nitrogen and oxygen atoms in total. The molecule has 0 saturated heterocycles. The van der Waals surface area contributed by atoms with Gasteiger partial charge in [0.1, 0.15) is 0 Å². The highest BCUT2D eigenvalue weighted by molar-refractivity contribution is 5.76. The van der Waals surface area contributed by atoms with Crippen LogP contribution >= 0.6 is 0 Å². The number of rotatable bonds is 26. The summed E-state index contributed by atoms with van der Waals surface area (Å²) in [5.74, 6) is -0.0726. The summed E-state index contributed by atoms with van der Waals surface area (Å²) in [7, 11) is 0. The SMILES string of the molecule is CCCC/C=C/C(O)C(CO)NC(=O)CCCCCCCCCCCCCCCCCCCC. The van der Waals surface area contributed by atoms with Gasteiger partial charge in [-0.3, -0.25) is 4.79 Å². The summed E-state index contributed by atoms with van der Waals surface area (Å²) in [6, 6.07) is -0.610. The minimum atomic E-state index is -0.828. The molecule has 0 aromatic carbocycles. The van der Waals surface area contributed by atoms with E-state index in [1.165, 1.54) is 103 Å². The molecular weight excluding hydrogens is 422 g/mol. The number of hydrogen-bond acceptors (Lipinski definition) is 3. The Balaban J connectivity index is 3.45. The first kappa shape index (κ1) is 33.1. The summed E-state index contributed by atoms with van der Waals surface area (Å²) in [5.41, 5.74) is 0. The molecule has 0 aliphatic carbocycles. The number of nitrogens with one attached hydrogen (secondary N) is 1. The second-order valence-corrected chi connectivity index (χ2v) is 10.2. The van der Waals surface area contributed by atoms with Gasteiger partial charge in [0, 0.05) is 6.42 Å². The van der Waals surface area contributed by atoms with Crippen molar-refractivity contribution in [2.75, 3.05) is 6.61 Å². The molecule has 34 heavy (non-hydrogen) atoms. The van der Waals surface area contributed by atoms with Crippen molar-refractivity contribution in [2.45, 2.75) is 167 Å². The maximum Gasteiger partial charge on any atom is 0.220 e. The molecule has 4 heteroatoms. The Hall–Kier alpha value is -0.870. The molecule has 0 heterocycles. The monoisotopic (exact) mass is 481 g/mol. The van der Waals surface area contributed by atoms with Gasteiger partial charge in [0.15, 0.2) is 0 Å². The average Bonchev–Trinajstić information content (AvgIpc) is 2.84. The smallest absolute Gasteiger partial charge is 0.220 e. The topological polar surface area (TPSA) is 69.6 Å². The van der Waals surface area contributed by atoms with Crippen molar-refractivity contribution in [1.82, 2.24) is 5.32 Å². The van der Waals surface area contributed by atoms with E-state index in [9.17, 15) is 15.0 Å². The fourth-order valence-electron chi connectivity index (χ4n) is 4.40. The summed E-state index contributed by atoms with van der Waals surface area (Å²) in [5, 5.41) is 22.4. The van der Waals surface area contributed by atoms with Crippen LogP contribution in [0.5, 0.6) is 0 Å². The molecule has 202 valence electrons. The van der Waals surface area contributed by atoms with Gasteiger partial charge >= 0.3 is 0 Å². The van der Waals surface area contributed by atoms with Gasteiger partial charge in [-0.2, -0.15) is 0 Å². The van der Waals surface area contributed by atoms with Crippen LogP contribution in [0.3, 0.4) is 0 Å². The van der Waals surface area contributed by atoms with Crippen molar-refractivity contribution in [3.8, 4) is 0 Å². The lowest BCUT2D eigenvalue weighted by molar-refractivity contribution is -0.123. The molecule has 0 aliphatic rings.